The van der Waals surface area contributed by atoms with Crippen molar-refractivity contribution in [2.24, 2.45) is 0 Å². The van der Waals surface area contributed by atoms with Crippen LogP contribution in [0.2, 0.25) is 0 Å². The van der Waals surface area contributed by atoms with Crippen LogP contribution in [0.15, 0.2) is 138 Å². The molecule has 58 heavy (non-hydrogen) atoms. The fourth-order valence-corrected chi connectivity index (χ4v) is 9.16. The van der Waals surface area contributed by atoms with E-state index >= 15 is 0 Å². The quantitative estimate of drug-likeness (QED) is 0.141. The number of hydrogen-bond acceptors (Lipinski definition) is 5. The van der Waals surface area contributed by atoms with Gasteiger partial charge in [-0.1, -0.05) is 161 Å². The fourth-order valence-electron chi connectivity index (χ4n) is 8.15. The van der Waals surface area contributed by atoms with Gasteiger partial charge >= 0.3 is 0 Å². The third kappa shape index (κ3) is 6.33. The molecule has 6 heteroatoms. The maximum absolute atomic E-state index is 11.9. The van der Waals surface area contributed by atoms with E-state index in [1.54, 1.807) is 11.3 Å². The molecule has 0 aliphatic heterocycles. The van der Waals surface area contributed by atoms with Gasteiger partial charge in [-0.05, 0) is 67.3 Å². The van der Waals surface area contributed by atoms with Crippen molar-refractivity contribution < 1.29 is 30.6 Å². The molecule has 7 aromatic carbocycles. The van der Waals surface area contributed by atoms with Crippen molar-refractivity contribution in [2.75, 3.05) is 0 Å². The molecule has 3 aromatic heterocycles. The second-order valence-electron chi connectivity index (χ2n) is 17.1. The smallest absolute Gasteiger partial charge is 0.131 e. The van der Waals surface area contributed by atoms with Gasteiger partial charge in [-0.25, -0.2) is 4.98 Å². The zero-order valence-corrected chi connectivity index (χ0v) is 36.3. The van der Waals surface area contributed by atoms with Gasteiger partial charge in [-0.2, -0.15) is 0 Å². The normalized spacial score (nSPS) is 12.2. The third-order valence-corrected chi connectivity index (χ3v) is 12.3. The summed E-state index contributed by atoms with van der Waals surface area (Å²) in [7, 11) is 0. The van der Waals surface area contributed by atoms with Gasteiger partial charge in [-0.15, -0.1) is 23.5 Å². The largest absolute Gasteiger partial charge is 0.507 e. The Morgan fingerprint density at radius 2 is 1.40 bits per heavy atom. The number of thiazole rings is 1. The number of aromatic hydroxyl groups is 1. The first-order valence-electron chi connectivity index (χ1n) is 19.5. The van der Waals surface area contributed by atoms with E-state index in [4.69, 9.17) is 14.4 Å². The van der Waals surface area contributed by atoms with Crippen LogP contribution in [0, 0.1) is 6.07 Å². The van der Waals surface area contributed by atoms with E-state index in [9.17, 15) is 5.11 Å². The molecule has 0 fully saturated rings. The summed E-state index contributed by atoms with van der Waals surface area (Å²) in [6.07, 6.45) is 1.87. The number of para-hydroxylation sites is 1. The molecule has 0 aliphatic rings. The third-order valence-electron chi connectivity index (χ3n) is 11.2. The van der Waals surface area contributed by atoms with Gasteiger partial charge in [0.25, 0.3) is 0 Å². The standard InChI is InChI=1S/C52H41N2O2S.Pt/c1-51(2,3)35-28-41(47(55)42(29-35)52(4,5)6)50-54-46-37(17-12-18-44(46)57-50)39-25-34(43-27-33(23-24-53-43)30-13-8-7-9-14-30)26-40-38-22-21-32-20-19-31-15-10-11-16-36(31)45(32)49(38)56-48(39)40;/h7-24,26-29,55H,1-6H3;/q-1;. The Morgan fingerprint density at radius 1 is 0.638 bits per heavy atom. The summed E-state index contributed by atoms with van der Waals surface area (Å²) in [5.74, 6) is 0.285. The van der Waals surface area contributed by atoms with Crippen molar-refractivity contribution in [3.63, 3.8) is 0 Å². The first-order valence-corrected chi connectivity index (χ1v) is 20.3. The van der Waals surface area contributed by atoms with Gasteiger partial charge in [0.05, 0.1) is 16.7 Å². The number of rotatable bonds is 4. The second-order valence-corrected chi connectivity index (χ2v) is 18.1. The van der Waals surface area contributed by atoms with Gasteiger partial charge in [0.15, 0.2) is 0 Å². The number of phenols is 1. The molecular formula is C52H41N2O2PtS-. The van der Waals surface area contributed by atoms with Crippen LogP contribution in [0.1, 0.15) is 52.7 Å². The summed E-state index contributed by atoms with van der Waals surface area (Å²) in [6, 6.07) is 48.4. The molecule has 288 valence electrons. The van der Waals surface area contributed by atoms with Gasteiger partial charge < -0.3 is 9.52 Å². The van der Waals surface area contributed by atoms with Crippen LogP contribution < -0.4 is 0 Å². The second kappa shape index (κ2) is 14.0. The van der Waals surface area contributed by atoms with Crippen LogP contribution in [0.25, 0.3) is 97.8 Å². The molecule has 0 saturated heterocycles. The number of phenolic OH excluding ortho intramolecular Hbond substituents is 1. The van der Waals surface area contributed by atoms with Crippen LogP contribution in [0.5, 0.6) is 5.75 Å². The first-order chi connectivity index (χ1) is 27.4. The Balaban J connectivity index is 0.00000436. The maximum Gasteiger partial charge on any atom is 0.131 e. The molecule has 0 bridgehead atoms. The Hall–Kier alpha value is -5.61. The molecule has 3 heterocycles. The number of pyridine rings is 1. The molecule has 0 amide bonds. The number of aromatic nitrogens is 2. The van der Waals surface area contributed by atoms with Crippen molar-refractivity contribution in [1.82, 2.24) is 9.97 Å². The molecule has 0 atom stereocenters. The summed E-state index contributed by atoms with van der Waals surface area (Å²) in [4.78, 5) is 10.3. The average Bonchev–Trinajstić information content (AvgIpc) is 3.82. The van der Waals surface area contributed by atoms with E-state index in [1.165, 1.54) is 5.39 Å². The molecule has 4 nitrogen and oxygen atoms in total. The molecule has 0 unspecified atom stereocenters. The van der Waals surface area contributed by atoms with Gasteiger partial charge in [-0.3, -0.25) is 4.98 Å². The van der Waals surface area contributed by atoms with E-state index in [0.29, 0.717) is 0 Å². The van der Waals surface area contributed by atoms with Crippen molar-refractivity contribution in [2.45, 2.75) is 52.4 Å². The Morgan fingerprint density at radius 3 is 2.19 bits per heavy atom. The zero-order chi connectivity index (χ0) is 39.2. The predicted molar refractivity (Wildman–Crippen MR) is 239 cm³/mol. The first kappa shape index (κ1) is 37.9. The summed E-state index contributed by atoms with van der Waals surface area (Å²) in [5.41, 5.74) is 10.5. The Labute approximate surface area is 356 Å². The van der Waals surface area contributed by atoms with Gasteiger partial charge in [0.2, 0.25) is 0 Å². The summed E-state index contributed by atoms with van der Waals surface area (Å²) >= 11 is 1.60. The van der Waals surface area contributed by atoms with Gasteiger partial charge in [0.1, 0.15) is 16.3 Å². The Bertz CT molecular complexity index is 3220. The minimum Gasteiger partial charge on any atom is -0.507 e. The molecular weight excluding hydrogens is 912 g/mol. The molecule has 1 N–H and O–H groups in total. The SMILES string of the molecule is CC(C)(C)c1cc(-c2nc3c(-c4[c-]c(-c5cc(-c6ccccc6)ccn5)cc5c4oc4c5ccc5ccc6ccccc6c54)cccc3s2)c(O)c(C(C)(C)C)c1.[Pt]. The van der Waals surface area contributed by atoms with E-state index in [2.05, 4.69) is 169 Å². The number of benzene rings is 7. The molecule has 0 aliphatic carbocycles. The van der Waals surface area contributed by atoms with E-state index in [1.807, 2.05) is 12.3 Å². The Kier molecular flexibility index (Phi) is 9.19. The summed E-state index contributed by atoms with van der Waals surface area (Å²) in [6.45, 7) is 13.1. The summed E-state index contributed by atoms with van der Waals surface area (Å²) < 4.78 is 8.11. The predicted octanol–water partition coefficient (Wildman–Crippen LogP) is 14.7. The minimum absolute atomic E-state index is 0. The molecule has 0 saturated carbocycles. The molecule has 10 rings (SSSR count). The van der Waals surface area contributed by atoms with E-state index in [-0.39, 0.29) is 37.6 Å². The number of hydrogen-bond donors (Lipinski definition) is 1. The van der Waals surface area contributed by atoms with Crippen LogP contribution in [-0.4, -0.2) is 15.1 Å². The van der Waals surface area contributed by atoms with E-state index in [0.717, 1.165) is 104 Å². The van der Waals surface area contributed by atoms with Crippen LogP contribution in [0.3, 0.4) is 0 Å². The molecule has 0 radical (unpaired) electrons. The van der Waals surface area contributed by atoms with Crippen molar-refractivity contribution >= 4 is 65.0 Å². The topological polar surface area (TPSA) is 59.2 Å². The van der Waals surface area contributed by atoms with Crippen LogP contribution >= 0.6 is 11.3 Å². The van der Waals surface area contributed by atoms with Crippen LogP contribution in [0.4, 0.5) is 0 Å². The summed E-state index contributed by atoms with van der Waals surface area (Å²) in [5, 5.41) is 19.2. The van der Waals surface area contributed by atoms with Crippen molar-refractivity contribution in [1.29, 1.82) is 0 Å². The molecule has 10 aromatic rings. The average molecular weight is 953 g/mol. The van der Waals surface area contributed by atoms with Crippen LogP contribution in [-0.2, 0) is 31.9 Å². The molecule has 0 spiro atoms. The number of fused-ring (bicyclic) bond motifs is 8. The number of nitrogens with zero attached hydrogens (tertiary/aromatic N) is 2. The zero-order valence-electron chi connectivity index (χ0n) is 33.2. The minimum atomic E-state index is -0.258. The maximum atomic E-state index is 11.9. The van der Waals surface area contributed by atoms with Crippen molar-refractivity contribution in [3.05, 3.63) is 151 Å². The monoisotopic (exact) mass is 952 g/mol. The number of furan rings is 1. The van der Waals surface area contributed by atoms with E-state index < -0.39 is 0 Å². The van der Waals surface area contributed by atoms with Gasteiger partial charge in [0, 0.05) is 54.0 Å². The fraction of sp³-hybridized carbons (Fsp3) is 0.154. The van der Waals surface area contributed by atoms with Crippen molar-refractivity contribution in [3.8, 4) is 49.8 Å².